The summed E-state index contributed by atoms with van der Waals surface area (Å²) in [5, 5.41) is 9.80. The van der Waals surface area contributed by atoms with Crippen LogP contribution in [-0.2, 0) is 11.2 Å². The molecule has 2 aromatic heterocycles. The lowest BCUT2D eigenvalue weighted by Gasteiger charge is -2.09. The number of carbonyl (C=O) groups is 2. The van der Waals surface area contributed by atoms with E-state index in [1.807, 2.05) is 27.7 Å². The molecule has 0 saturated heterocycles. The Hall–Kier alpha value is -2.16. The summed E-state index contributed by atoms with van der Waals surface area (Å²) in [5.41, 5.74) is 3.19. The molecule has 0 aromatic carbocycles. The van der Waals surface area contributed by atoms with Crippen LogP contribution in [0.3, 0.4) is 0 Å². The SMILES string of the molecule is CCCCc1c(C)nc2nc(SCC(=O)NC(=O)NC(C)C)nn2c1C. The molecule has 26 heavy (non-hydrogen) atoms. The van der Waals surface area contributed by atoms with Gasteiger partial charge in [0.15, 0.2) is 0 Å². The smallest absolute Gasteiger partial charge is 0.321 e. The number of unbranched alkanes of at least 4 members (excludes halogenated alkanes) is 1. The molecule has 8 nitrogen and oxygen atoms in total. The summed E-state index contributed by atoms with van der Waals surface area (Å²) in [4.78, 5) is 32.3. The van der Waals surface area contributed by atoms with Crippen LogP contribution in [0.2, 0.25) is 0 Å². The van der Waals surface area contributed by atoms with Gasteiger partial charge >= 0.3 is 6.03 Å². The number of nitrogens with one attached hydrogen (secondary N) is 2. The van der Waals surface area contributed by atoms with Gasteiger partial charge in [-0.3, -0.25) is 10.1 Å². The fourth-order valence-corrected chi connectivity index (χ4v) is 3.18. The van der Waals surface area contributed by atoms with E-state index in [1.54, 1.807) is 4.52 Å². The summed E-state index contributed by atoms with van der Waals surface area (Å²) in [5.74, 6) is 0.195. The molecule has 3 amide bonds. The minimum absolute atomic E-state index is 0.0326. The van der Waals surface area contributed by atoms with E-state index < -0.39 is 11.9 Å². The highest BCUT2D eigenvalue weighted by atomic mass is 32.2. The Morgan fingerprint density at radius 1 is 1.23 bits per heavy atom. The largest absolute Gasteiger partial charge is 0.336 e. The molecule has 142 valence electrons. The van der Waals surface area contributed by atoms with Crippen molar-refractivity contribution in [1.82, 2.24) is 30.2 Å². The number of rotatable bonds is 7. The van der Waals surface area contributed by atoms with Crippen molar-refractivity contribution in [2.45, 2.75) is 65.1 Å². The van der Waals surface area contributed by atoms with Crippen molar-refractivity contribution in [3.05, 3.63) is 17.0 Å². The Kier molecular flexibility index (Phi) is 6.96. The second-order valence-electron chi connectivity index (χ2n) is 6.44. The van der Waals surface area contributed by atoms with E-state index in [0.717, 1.165) is 30.7 Å². The van der Waals surface area contributed by atoms with Crippen molar-refractivity contribution >= 4 is 29.5 Å². The monoisotopic (exact) mass is 378 g/mol. The van der Waals surface area contributed by atoms with Crippen LogP contribution < -0.4 is 10.6 Å². The van der Waals surface area contributed by atoms with E-state index in [4.69, 9.17) is 0 Å². The maximum Gasteiger partial charge on any atom is 0.321 e. The van der Waals surface area contributed by atoms with Gasteiger partial charge in [0.2, 0.25) is 11.1 Å². The Morgan fingerprint density at radius 2 is 1.96 bits per heavy atom. The van der Waals surface area contributed by atoms with Gasteiger partial charge in [-0.15, -0.1) is 5.10 Å². The van der Waals surface area contributed by atoms with Gasteiger partial charge in [-0.2, -0.15) is 4.98 Å². The van der Waals surface area contributed by atoms with Crippen molar-refractivity contribution in [1.29, 1.82) is 0 Å². The van der Waals surface area contributed by atoms with Gasteiger partial charge in [0.25, 0.3) is 5.78 Å². The molecule has 0 aliphatic rings. The lowest BCUT2D eigenvalue weighted by Crippen LogP contribution is -2.43. The molecule has 2 aromatic rings. The molecule has 2 N–H and O–H groups in total. The summed E-state index contributed by atoms with van der Waals surface area (Å²) in [6.45, 7) is 9.81. The van der Waals surface area contributed by atoms with Crippen LogP contribution in [0.5, 0.6) is 0 Å². The summed E-state index contributed by atoms with van der Waals surface area (Å²) in [6.07, 6.45) is 3.19. The third-order valence-electron chi connectivity index (χ3n) is 3.81. The Labute approximate surface area is 157 Å². The summed E-state index contributed by atoms with van der Waals surface area (Å²) < 4.78 is 1.73. The first-order valence-electron chi connectivity index (χ1n) is 8.77. The zero-order chi connectivity index (χ0) is 19.3. The normalized spacial score (nSPS) is 11.2. The van der Waals surface area contributed by atoms with Crippen molar-refractivity contribution in [2.75, 3.05) is 5.75 Å². The van der Waals surface area contributed by atoms with Gasteiger partial charge < -0.3 is 5.32 Å². The predicted molar refractivity (Wildman–Crippen MR) is 101 cm³/mol. The molecule has 0 unspecified atom stereocenters. The predicted octanol–water partition coefficient (Wildman–Crippen LogP) is 2.41. The Bertz CT molecular complexity index is 802. The van der Waals surface area contributed by atoms with Gasteiger partial charge in [-0.25, -0.2) is 14.3 Å². The number of thioether (sulfide) groups is 1. The summed E-state index contributed by atoms with van der Waals surface area (Å²) >= 11 is 1.18. The first-order valence-corrected chi connectivity index (χ1v) is 9.76. The number of hydrogen-bond acceptors (Lipinski definition) is 6. The number of urea groups is 1. The van der Waals surface area contributed by atoms with E-state index in [1.165, 1.54) is 17.3 Å². The molecule has 0 saturated carbocycles. The third-order valence-corrected chi connectivity index (χ3v) is 4.65. The van der Waals surface area contributed by atoms with Crippen LogP contribution in [0.4, 0.5) is 4.79 Å². The maximum atomic E-state index is 11.8. The molecule has 2 heterocycles. The van der Waals surface area contributed by atoms with Crippen LogP contribution >= 0.6 is 11.8 Å². The number of imide groups is 1. The average Bonchev–Trinajstić information content (AvgIpc) is 2.95. The molecule has 0 spiro atoms. The van der Waals surface area contributed by atoms with E-state index in [2.05, 4.69) is 32.6 Å². The van der Waals surface area contributed by atoms with E-state index in [9.17, 15) is 9.59 Å². The van der Waals surface area contributed by atoms with Crippen LogP contribution in [0.15, 0.2) is 5.16 Å². The van der Waals surface area contributed by atoms with Gasteiger partial charge in [-0.05, 0) is 46.1 Å². The van der Waals surface area contributed by atoms with Crippen LogP contribution in [0, 0.1) is 13.8 Å². The number of amides is 3. The number of fused-ring (bicyclic) bond motifs is 1. The number of hydrogen-bond donors (Lipinski definition) is 2. The minimum atomic E-state index is -0.498. The number of nitrogens with zero attached hydrogens (tertiary/aromatic N) is 4. The number of carbonyl (C=O) groups excluding carboxylic acids is 2. The quantitative estimate of drug-likeness (QED) is 0.718. The fraction of sp³-hybridized carbons (Fsp3) is 0.588. The maximum absolute atomic E-state index is 11.8. The van der Waals surface area contributed by atoms with Gasteiger partial charge in [0.1, 0.15) is 0 Å². The molecule has 9 heteroatoms. The second kappa shape index (κ2) is 8.98. The van der Waals surface area contributed by atoms with E-state index >= 15 is 0 Å². The van der Waals surface area contributed by atoms with Crippen LogP contribution in [-0.4, -0.2) is 43.3 Å². The van der Waals surface area contributed by atoms with Crippen molar-refractivity contribution < 1.29 is 9.59 Å². The summed E-state index contributed by atoms with van der Waals surface area (Å²) in [7, 11) is 0. The second-order valence-corrected chi connectivity index (χ2v) is 7.38. The van der Waals surface area contributed by atoms with Crippen molar-refractivity contribution in [3.8, 4) is 0 Å². The zero-order valence-corrected chi connectivity index (χ0v) is 16.7. The zero-order valence-electron chi connectivity index (χ0n) is 15.9. The lowest BCUT2D eigenvalue weighted by molar-refractivity contribution is -0.117. The average molecular weight is 379 g/mol. The van der Waals surface area contributed by atoms with E-state index in [0.29, 0.717) is 10.9 Å². The van der Waals surface area contributed by atoms with Crippen LogP contribution in [0.25, 0.3) is 5.78 Å². The molecule has 2 rings (SSSR count). The van der Waals surface area contributed by atoms with Gasteiger partial charge in [-0.1, -0.05) is 25.1 Å². The fourth-order valence-electron chi connectivity index (χ4n) is 2.56. The van der Waals surface area contributed by atoms with Gasteiger partial charge in [0, 0.05) is 17.4 Å². The lowest BCUT2D eigenvalue weighted by atomic mass is 10.1. The minimum Gasteiger partial charge on any atom is -0.336 e. The molecule has 0 aliphatic heterocycles. The Morgan fingerprint density at radius 3 is 2.62 bits per heavy atom. The van der Waals surface area contributed by atoms with Gasteiger partial charge in [0.05, 0.1) is 5.75 Å². The van der Waals surface area contributed by atoms with Crippen molar-refractivity contribution in [3.63, 3.8) is 0 Å². The Balaban J connectivity index is 2.06. The highest BCUT2D eigenvalue weighted by Gasteiger charge is 2.15. The highest BCUT2D eigenvalue weighted by Crippen LogP contribution is 2.19. The number of aryl methyl sites for hydroxylation is 2. The van der Waals surface area contributed by atoms with Crippen LogP contribution in [0.1, 0.15) is 50.6 Å². The first kappa shape index (κ1) is 20.2. The third kappa shape index (κ3) is 5.17. The van der Waals surface area contributed by atoms with E-state index in [-0.39, 0.29) is 11.8 Å². The topological polar surface area (TPSA) is 101 Å². The molecule has 0 atom stereocenters. The first-order chi connectivity index (χ1) is 12.3. The number of aromatic nitrogens is 4. The van der Waals surface area contributed by atoms with Crippen molar-refractivity contribution in [2.24, 2.45) is 0 Å². The molecule has 0 aliphatic carbocycles. The molecular formula is C17H26N6O2S. The standard InChI is InChI=1S/C17H26N6O2S/c1-6-7-8-13-11(4)19-15-21-17(22-23(15)12(13)5)26-9-14(24)20-16(25)18-10(2)3/h10H,6-9H2,1-5H3,(H2,18,20,24,25). The molecule has 0 fully saturated rings. The summed E-state index contributed by atoms with van der Waals surface area (Å²) in [6, 6.07) is -0.531. The molecule has 0 bridgehead atoms. The molecular weight excluding hydrogens is 352 g/mol. The molecule has 0 radical (unpaired) electrons. The highest BCUT2D eigenvalue weighted by molar-refractivity contribution is 7.99.